The lowest BCUT2D eigenvalue weighted by Crippen LogP contribution is -1.91. The van der Waals surface area contributed by atoms with Crippen LogP contribution in [0.3, 0.4) is 0 Å². The van der Waals surface area contributed by atoms with Crippen molar-refractivity contribution in [3.8, 4) is 22.5 Å². The Morgan fingerprint density at radius 2 is 1.77 bits per heavy atom. The van der Waals surface area contributed by atoms with E-state index in [4.69, 9.17) is 4.79 Å². The van der Waals surface area contributed by atoms with Crippen LogP contribution in [0, 0.1) is 13.8 Å². The number of nitrogens with one attached hydrogen (secondary N) is 1. The molecule has 3 N–H and O–H groups in total. The maximum Gasteiger partial charge on any atom is 0.204 e. The number of H-pyrrole nitrogens is 1. The van der Waals surface area contributed by atoms with Crippen molar-refractivity contribution in [3.63, 3.8) is 0 Å². The summed E-state index contributed by atoms with van der Waals surface area (Å²) in [5.74, 6) is 0.625. The summed E-state index contributed by atoms with van der Waals surface area (Å²) in [6, 6.07) is 14.5. The molecule has 0 radical (unpaired) electrons. The first-order valence-electron chi connectivity index (χ1n) is 6.73. The number of nitrogens with zero attached hydrogens (tertiary/aromatic N) is 3. The first kappa shape index (κ1) is 15.4. The van der Waals surface area contributed by atoms with Gasteiger partial charge in [0.05, 0.1) is 0 Å². The van der Waals surface area contributed by atoms with Crippen LogP contribution in [0.4, 0.5) is 0 Å². The number of aryl methyl sites for hydroxylation is 1. The molecule has 6 nitrogen and oxygen atoms in total. The van der Waals surface area contributed by atoms with Gasteiger partial charge in [0.15, 0.2) is 0 Å². The third-order valence-electron chi connectivity index (χ3n) is 3.36. The second kappa shape index (κ2) is 7.12. The van der Waals surface area contributed by atoms with Gasteiger partial charge in [0.1, 0.15) is 0 Å². The number of nitrogens with two attached hydrogens (primary N) is 1. The van der Waals surface area contributed by atoms with Crippen molar-refractivity contribution in [1.29, 1.82) is 0 Å². The number of hydrogen-bond acceptors (Lipinski definition) is 4. The van der Waals surface area contributed by atoms with Crippen molar-refractivity contribution < 1.29 is 4.79 Å². The lowest BCUT2D eigenvalue weighted by atomic mass is 9.94. The summed E-state index contributed by atoms with van der Waals surface area (Å²) in [5, 5.41) is 14.2. The number of benzene rings is 2. The molecule has 0 spiro atoms. The highest BCUT2D eigenvalue weighted by Gasteiger charge is 2.10. The molecule has 0 aliphatic carbocycles. The van der Waals surface area contributed by atoms with E-state index in [0.29, 0.717) is 5.82 Å². The highest BCUT2D eigenvalue weighted by atomic mass is 16.1. The largest absolute Gasteiger partial charge is 0.372 e. The molecule has 0 aliphatic heterocycles. The second-order valence-corrected chi connectivity index (χ2v) is 4.70. The fraction of sp³-hybridized carbons (Fsp3) is 0.125. The van der Waals surface area contributed by atoms with Gasteiger partial charge in [0.2, 0.25) is 12.2 Å². The Bertz CT molecular complexity index is 739. The molecular formula is C16H17N5O. The number of primary amides is 1. The summed E-state index contributed by atoms with van der Waals surface area (Å²) in [5.41, 5.74) is 10.1. The molecule has 0 atom stereocenters. The molecule has 1 amide bonds. The molecule has 3 aromatic rings. The van der Waals surface area contributed by atoms with Crippen LogP contribution >= 0.6 is 0 Å². The van der Waals surface area contributed by atoms with Crippen LogP contribution in [-0.4, -0.2) is 27.0 Å². The lowest BCUT2D eigenvalue weighted by Gasteiger charge is -2.11. The molecule has 112 valence electrons. The first-order chi connectivity index (χ1) is 10.7. The van der Waals surface area contributed by atoms with E-state index < -0.39 is 0 Å². The third-order valence-corrected chi connectivity index (χ3v) is 3.36. The Morgan fingerprint density at radius 3 is 2.36 bits per heavy atom. The topological polar surface area (TPSA) is 97.6 Å². The van der Waals surface area contributed by atoms with Crippen molar-refractivity contribution in [1.82, 2.24) is 20.6 Å². The maximum atomic E-state index is 8.58. The van der Waals surface area contributed by atoms with E-state index in [1.165, 1.54) is 22.3 Å². The SMILES string of the molecule is Cc1cc(-c2nn[nH]n2)cc(-c2ccccc2)c1C.NC=O. The van der Waals surface area contributed by atoms with Gasteiger partial charge < -0.3 is 5.73 Å². The minimum Gasteiger partial charge on any atom is -0.372 e. The summed E-state index contributed by atoms with van der Waals surface area (Å²) < 4.78 is 0. The first-order valence-corrected chi connectivity index (χ1v) is 6.73. The molecule has 1 aromatic heterocycles. The number of carbonyl (C=O) groups is 1. The molecule has 1 heterocycles. The monoisotopic (exact) mass is 295 g/mol. The number of tetrazole rings is 1. The van der Waals surface area contributed by atoms with Crippen molar-refractivity contribution in [2.24, 2.45) is 5.73 Å². The predicted octanol–water partition coefficient (Wildman–Crippen LogP) is 2.25. The van der Waals surface area contributed by atoms with Crippen molar-refractivity contribution in [2.45, 2.75) is 13.8 Å². The molecule has 0 fully saturated rings. The van der Waals surface area contributed by atoms with Crippen molar-refractivity contribution in [2.75, 3.05) is 0 Å². The standard InChI is InChI=1S/C15H14N4.CH3NO/c1-10-8-13(15-16-18-19-17-15)9-14(11(10)2)12-6-4-3-5-7-12;2-1-3/h3-9H,1-2H3,(H,16,17,18,19);1H,(H2,2,3). The molecular weight excluding hydrogens is 278 g/mol. The Kier molecular flexibility index (Phi) is 4.98. The van der Waals surface area contributed by atoms with Crippen LogP contribution < -0.4 is 5.73 Å². The van der Waals surface area contributed by atoms with Gasteiger partial charge in [-0.1, -0.05) is 30.3 Å². The summed E-state index contributed by atoms with van der Waals surface area (Å²) in [6.45, 7) is 4.24. The number of hydrogen-bond donors (Lipinski definition) is 2. The van der Waals surface area contributed by atoms with Crippen LogP contribution in [0.5, 0.6) is 0 Å². The van der Waals surface area contributed by atoms with Crippen molar-refractivity contribution in [3.05, 3.63) is 53.6 Å². The highest BCUT2D eigenvalue weighted by Crippen LogP contribution is 2.30. The molecule has 0 unspecified atom stereocenters. The molecule has 0 saturated carbocycles. The zero-order chi connectivity index (χ0) is 15.9. The van der Waals surface area contributed by atoms with E-state index >= 15 is 0 Å². The van der Waals surface area contributed by atoms with E-state index in [1.54, 1.807) is 0 Å². The van der Waals surface area contributed by atoms with Crippen LogP contribution in [0.25, 0.3) is 22.5 Å². The van der Waals surface area contributed by atoms with Gasteiger partial charge in [-0.25, -0.2) is 0 Å². The van der Waals surface area contributed by atoms with Crippen molar-refractivity contribution >= 4 is 6.41 Å². The van der Waals surface area contributed by atoms with E-state index in [-0.39, 0.29) is 6.41 Å². The van der Waals surface area contributed by atoms with Crippen LogP contribution in [0.1, 0.15) is 11.1 Å². The molecule has 6 heteroatoms. The number of carbonyl (C=O) groups excluding carboxylic acids is 1. The summed E-state index contributed by atoms with van der Waals surface area (Å²) in [6.07, 6.45) is 0.250. The fourth-order valence-electron chi connectivity index (χ4n) is 2.19. The molecule has 2 aromatic carbocycles. The van der Waals surface area contributed by atoms with Crippen LogP contribution in [0.15, 0.2) is 42.5 Å². The number of rotatable bonds is 2. The zero-order valence-corrected chi connectivity index (χ0v) is 12.4. The average Bonchev–Trinajstić information content (AvgIpc) is 3.06. The smallest absolute Gasteiger partial charge is 0.204 e. The van der Waals surface area contributed by atoms with Gasteiger partial charge in [-0.05, 0) is 53.4 Å². The second-order valence-electron chi connectivity index (χ2n) is 4.70. The van der Waals surface area contributed by atoms with Gasteiger partial charge in [-0.2, -0.15) is 5.21 Å². The van der Waals surface area contributed by atoms with E-state index in [1.807, 2.05) is 18.2 Å². The number of amides is 1. The third kappa shape index (κ3) is 3.35. The van der Waals surface area contributed by atoms with E-state index in [9.17, 15) is 0 Å². The fourth-order valence-corrected chi connectivity index (χ4v) is 2.19. The summed E-state index contributed by atoms with van der Waals surface area (Å²) in [7, 11) is 0. The minimum atomic E-state index is 0.250. The molecule has 22 heavy (non-hydrogen) atoms. The predicted molar refractivity (Wildman–Crippen MR) is 84.8 cm³/mol. The number of aromatic nitrogens is 4. The molecule has 0 aliphatic rings. The van der Waals surface area contributed by atoms with Gasteiger partial charge in [-0.15, -0.1) is 10.2 Å². The Morgan fingerprint density at radius 1 is 1.09 bits per heavy atom. The Balaban J connectivity index is 0.000000545. The lowest BCUT2D eigenvalue weighted by molar-refractivity contribution is -0.106. The highest BCUT2D eigenvalue weighted by molar-refractivity contribution is 5.74. The Hall–Kier alpha value is -3.02. The minimum absolute atomic E-state index is 0.250. The zero-order valence-electron chi connectivity index (χ0n) is 12.4. The maximum absolute atomic E-state index is 8.58. The van der Waals surface area contributed by atoms with Gasteiger partial charge in [0.25, 0.3) is 0 Å². The Labute approximate surface area is 128 Å². The van der Waals surface area contributed by atoms with Crippen LogP contribution in [-0.2, 0) is 4.79 Å². The molecule has 0 bridgehead atoms. The normalized spacial score (nSPS) is 9.73. The molecule has 0 saturated heterocycles. The van der Waals surface area contributed by atoms with Gasteiger partial charge in [0, 0.05) is 5.56 Å². The van der Waals surface area contributed by atoms with Crippen LogP contribution in [0.2, 0.25) is 0 Å². The summed E-state index contributed by atoms with van der Waals surface area (Å²) in [4.78, 5) is 8.58. The number of aromatic amines is 1. The van der Waals surface area contributed by atoms with Gasteiger partial charge in [-0.3, -0.25) is 4.79 Å². The van der Waals surface area contributed by atoms with E-state index in [0.717, 1.165) is 5.56 Å². The molecule has 3 rings (SSSR count). The average molecular weight is 295 g/mol. The summed E-state index contributed by atoms with van der Waals surface area (Å²) >= 11 is 0. The quantitative estimate of drug-likeness (QED) is 0.708. The van der Waals surface area contributed by atoms with Gasteiger partial charge >= 0.3 is 0 Å². The van der Waals surface area contributed by atoms with E-state index in [2.05, 4.69) is 64.5 Å².